The molecule has 2 fully saturated rings. The zero-order valence-electron chi connectivity index (χ0n) is 27.0. The molecule has 0 aromatic heterocycles. The van der Waals surface area contributed by atoms with Gasteiger partial charge in [0.25, 0.3) is 0 Å². The van der Waals surface area contributed by atoms with Gasteiger partial charge in [0.2, 0.25) is 0 Å². The van der Waals surface area contributed by atoms with E-state index in [1.165, 1.54) is 6.42 Å². The highest BCUT2D eigenvalue weighted by atomic mass is 16.6. The third kappa shape index (κ3) is 11.9. The molecule has 2 aliphatic rings. The lowest BCUT2D eigenvalue weighted by Gasteiger charge is -2.37. The van der Waals surface area contributed by atoms with E-state index in [2.05, 4.69) is 5.32 Å². The first-order valence-corrected chi connectivity index (χ1v) is 16.1. The summed E-state index contributed by atoms with van der Waals surface area (Å²) in [6.45, 7) is 13.5. The summed E-state index contributed by atoms with van der Waals surface area (Å²) in [6, 6.07) is 9.91. The lowest BCUT2D eigenvalue weighted by atomic mass is 9.85. The quantitative estimate of drug-likeness (QED) is 0.276. The predicted molar refractivity (Wildman–Crippen MR) is 167 cm³/mol. The Morgan fingerprint density at radius 2 is 1.38 bits per heavy atom. The van der Waals surface area contributed by atoms with Gasteiger partial charge in [-0.1, -0.05) is 49.6 Å². The van der Waals surface area contributed by atoms with E-state index in [1.807, 2.05) is 81.7 Å². The number of carbonyl (C=O) groups is 3. The minimum absolute atomic E-state index is 0.113. The van der Waals surface area contributed by atoms with Gasteiger partial charge < -0.3 is 24.6 Å². The lowest BCUT2D eigenvalue weighted by molar-refractivity contribution is 0.00907. The highest BCUT2D eigenvalue weighted by Crippen LogP contribution is 2.27. The Hall–Kier alpha value is -2.61. The number of hydrogen-bond acceptors (Lipinski definition) is 6. The van der Waals surface area contributed by atoms with Crippen LogP contribution in [0.25, 0.3) is 0 Å². The van der Waals surface area contributed by atoms with E-state index in [1.54, 1.807) is 0 Å². The number of benzene rings is 1. The summed E-state index contributed by atoms with van der Waals surface area (Å²) in [5.41, 5.74) is -0.387. The number of amides is 2. The maximum Gasteiger partial charge on any atom is 0.410 e. The van der Waals surface area contributed by atoms with Gasteiger partial charge >= 0.3 is 12.2 Å². The van der Waals surface area contributed by atoms with Crippen molar-refractivity contribution in [3.63, 3.8) is 0 Å². The van der Waals surface area contributed by atoms with Crippen molar-refractivity contribution in [2.75, 3.05) is 26.2 Å². The molecule has 0 unspecified atom stereocenters. The molecule has 3 rings (SSSR count). The zero-order valence-corrected chi connectivity index (χ0v) is 27.0. The standard InChI is InChI=1S/C34H55N3O5/c1-33(2,3)41-31(39)36(22-13-23-37(29-16-11-8-12-17-29)32(40)42-34(4,5)6)25-26-18-20-28(21-19-26)35-24-30(38)27-14-9-7-10-15-27/h7,9-10,14-15,26,28-29,35H,8,11-13,16-25H2,1-6H3. The number of ether oxygens (including phenoxy) is 2. The first kappa shape index (κ1) is 33.9. The van der Waals surface area contributed by atoms with Crippen LogP contribution < -0.4 is 5.32 Å². The molecule has 2 amide bonds. The minimum Gasteiger partial charge on any atom is -0.444 e. The van der Waals surface area contributed by atoms with Crippen LogP contribution in [0.15, 0.2) is 30.3 Å². The lowest BCUT2D eigenvalue weighted by Crippen LogP contribution is -2.46. The molecule has 1 aromatic rings. The van der Waals surface area contributed by atoms with Crippen LogP contribution in [0.1, 0.15) is 116 Å². The predicted octanol–water partition coefficient (Wildman–Crippen LogP) is 7.21. The number of carbonyl (C=O) groups excluding carboxylic acids is 3. The first-order valence-electron chi connectivity index (χ1n) is 16.1. The first-order chi connectivity index (χ1) is 19.8. The molecule has 2 aliphatic carbocycles. The van der Waals surface area contributed by atoms with Crippen LogP contribution in [0, 0.1) is 5.92 Å². The highest BCUT2D eigenvalue weighted by molar-refractivity contribution is 5.97. The number of nitrogens with zero attached hydrogens (tertiary/aromatic N) is 2. The fourth-order valence-electron chi connectivity index (χ4n) is 5.98. The van der Waals surface area contributed by atoms with E-state index in [-0.39, 0.29) is 24.0 Å². The van der Waals surface area contributed by atoms with Crippen molar-refractivity contribution in [3.05, 3.63) is 35.9 Å². The smallest absolute Gasteiger partial charge is 0.410 e. The molecule has 2 saturated carbocycles. The van der Waals surface area contributed by atoms with Gasteiger partial charge in [-0.15, -0.1) is 0 Å². The minimum atomic E-state index is -0.577. The van der Waals surface area contributed by atoms with Gasteiger partial charge in [0.15, 0.2) is 5.78 Å². The van der Waals surface area contributed by atoms with Crippen LogP contribution in [0.3, 0.4) is 0 Å². The van der Waals surface area contributed by atoms with E-state index in [4.69, 9.17) is 9.47 Å². The molecule has 8 nitrogen and oxygen atoms in total. The normalized spacial score (nSPS) is 20.0. The fraction of sp³-hybridized carbons (Fsp3) is 0.735. The van der Waals surface area contributed by atoms with Gasteiger partial charge in [-0.2, -0.15) is 0 Å². The maximum atomic E-state index is 13.3. The second-order valence-corrected chi connectivity index (χ2v) is 14.1. The summed E-state index contributed by atoms with van der Waals surface area (Å²) in [6.07, 6.45) is 9.54. The topological polar surface area (TPSA) is 88.2 Å². The molecule has 0 heterocycles. The molecule has 0 radical (unpaired) electrons. The molecule has 42 heavy (non-hydrogen) atoms. The van der Waals surface area contributed by atoms with Crippen molar-refractivity contribution in [3.8, 4) is 0 Å². The second kappa shape index (κ2) is 15.7. The van der Waals surface area contributed by atoms with Crippen LogP contribution in [0.4, 0.5) is 9.59 Å². The summed E-state index contributed by atoms with van der Waals surface area (Å²) < 4.78 is 11.6. The summed E-state index contributed by atoms with van der Waals surface area (Å²) in [4.78, 5) is 42.7. The van der Waals surface area contributed by atoms with Crippen LogP contribution in [0.5, 0.6) is 0 Å². The average Bonchev–Trinajstić information content (AvgIpc) is 2.93. The van der Waals surface area contributed by atoms with Crippen molar-refractivity contribution in [2.24, 2.45) is 5.92 Å². The molecule has 1 N–H and O–H groups in total. The van der Waals surface area contributed by atoms with Gasteiger partial charge in [0.05, 0.1) is 6.54 Å². The SMILES string of the molecule is CC(C)(C)OC(=O)N(CCCN(C(=O)OC(C)(C)C)C1CCCCC1)CC1CCC(NCC(=O)c2ccccc2)CC1. The average molecular weight is 586 g/mol. The Bertz CT molecular complexity index is 987. The molecule has 0 atom stereocenters. The maximum absolute atomic E-state index is 13.3. The largest absolute Gasteiger partial charge is 0.444 e. The number of rotatable bonds is 11. The fourth-order valence-corrected chi connectivity index (χ4v) is 5.98. The number of ketones is 1. The Morgan fingerprint density at radius 3 is 1.98 bits per heavy atom. The van der Waals surface area contributed by atoms with E-state index >= 15 is 0 Å². The molecule has 0 aliphatic heterocycles. The molecular weight excluding hydrogens is 530 g/mol. The molecular formula is C34H55N3O5. The van der Waals surface area contributed by atoms with Crippen molar-refractivity contribution < 1.29 is 23.9 Å². The van der Waals surface area contributed by atoms with Crippen LogP contribution >= 0.6 is 0 Å². The third-order valence-corrected chi connectivity index (χ3v) is 8.09. The Labute approximate surface area is 253 Å². The number of nitrogens with one attached hydrogen (secondary N) is 1. The Balaban J connectivity index is 1.54. The van der Waals surface area contributed by atoms with Gasteiger partial charge in [0, 0.05) is 37.3 Å². The highest BCUT2D eigenvalue weighted by Gasteiger charge is 2.31. The van der Waals surface area contributed by atoms with Crippen molar-refractivity contribution in [1.29, 1.82) is 0 Å². The summed E-state index contributed by atoms with van der Waals surface area (Å²) >= 11 is 0. The molecule has 0 bridgehead atoms. The van der Waals surface area contributed by atoms with E-state index in [0.717, 1.165) is 56.9 Å². The van der Waals surface area contributed by atoms with E-state index in [0.29, 0.717) is 44.6 Å². The second-order valence-electron chi connectivity index (χ2n) is 14.1. The molecule has 0 saturated heterocycles. The monoisotopic (exact) mass is 585 g/mol. The van der Waals surface area contributed by atoms with Gasteiger partial charge in [-0.3, -0.25) is 4.79 Å². The van der Waals surface area contributed by atoms with Gasteiger partial charge in [-0.05, 0) is 92.4 Å². The van der Waals surface area contributed by atoms with E-state index < -0.39 is 11.2 Å². The Morgan fingerprint density at radius 1 is 0.786 bits per heavy atom. The van der Waals surface area contributed by atoms with Gasteiger partial charge in [0.1, 0.15) is 11.2 Å². The van der Waals surface area contributed by atoms with Crippen LogP contribution in [-0.4, -0.2) is 77.2 Å². The van der Waals surface area contributed by atoms with Crippen molar-refractivity contribution in [2.45, 2.75) is 129 Å². The van der Waals surface area contributed by atoms with Crippen molar-refractivity contribution >= 4 is 18.0 Å². The molecule has 8 heteroatoms. The summed E-state index contributed by atoms with van der Waals surface area (Å²) in [5, 5.41) is 3.45. The third-order valence-electron chi connectivity index (χ3n) is 8.09. The van der Waals surface area contributed by atoms with Crippen molar-refractivity contribution in [1.82, 2.24) is 15.1 Å². The number of Topliss-reactive ketones (excluding diaryl/α,β-unsaturated/α-hetero) is 1. The Kier molecular flexibility index (Phi) is 12.7. The van der Waals surface area contributed by atoms with Crippen LogP contribution in [-0.2, 0) is 9.47 Å². The molecule has 0 spiro atoms. The molecule has 1 aromatic carbocycles. The summed E-state index contributed by atoms with van der Waals surface area (Å²) in [7, 11) is 0. The molecule has 236 valence electrons. The number of hydrogen-bond donors (Lipinski definition) is 1. The van der Waals surface area contributed by atoms with Crippen LogP contribution in [0.2, 0.25) is 0 Å². The zero-order chi connectivity index (χ0) is 30.8. The van der Waals surface area contributed by atoms with E-state index in [9.17, 15) is 14.4 Å². The summed E-state index contributed by atoms with van der Waals surface area (Å²) in [5.74, 6) is 0.489. The van der Waals surface area contributed by atoms with Gasteiger partial charge in [-0.25, -0.2) is 9.59 Å².